The third-order valence-electron chi connectivity index (χ3n) is 5.80. The predicted octanol–water partition coefficient (Wildman–Crippen LogP) is 2.10. The van der Waals surface area contributed by atoms with Crippen LogP contribution in [-0.2, 0) is 4.57 Å². The number of aromatic hydroxyl groups is 1. The Hall–Kier alpha value is -2.33. The van der Waals surface area contributed by atoms with Crippen molar-refractivity contribution < 1.29 is 33.5 Å². The van der Waals surface area contributed by atoms with Crippen LogP contribution in [0.25, 0.3) is 22.3 Å². The average Bonchev–Trinajstić information content (AvgIpc) is 2.68. The van der Waals surface area contributed by atoms with Gasteiger partial charge < -0.3 is 24.1 Å². The lowest BCUT2D eigenvalue weighted by Crippen LogP contribution is -2.44. The fourth-order valence-electron chi connectivity index (χ4n) is 4.59. The second-order valence-corrected chi connectivity index (χ2v) is 9.91. The molecule has 4 rings (SSSR count). The van der Waals surface area contributed by atoms with Crippen LogP contribution in [0.3, 0.4) is 0 Å². The fraction of sp³-hybridized carbons (Fsp3) is 0.286. The molecule has 1 aromatic heterocycles. The number of hydrogen-bond donors (Lipinski definition) is 4. The number of hydrogen-bond acceptors (Lipinski definition) is 7. The van der Waals surface area contributed by atoms with Crippen molar-refractivity contribution in [2.75, 3.05) is 20.1 Å². The first-order valence-corrected chi connectivity index (χ1v) is 12.1. The van der Waals surface area contributed by atoms with Crippen LogP contribution in [0.4, 0.5) is 0 Å². The van der Waals surface area contributed by atoms with Gasteiger partial charge in [0.1, 0.15) is 36.1 Å². The number of phosphoric acid groups is 1. The third-order valence-corrected chi connectivity index (χ3v) is 6.56. The summed E-state index contributed by atoms with van der Waals surface area (Å²) in [5.41, 5.74) is -0.184. The normalized spacial score (nSPS) is 21.9. The average molecular weight is 494 g/mol. The number of piperidine rings is 1. The number of likely N-dealkylation sites (N-methyl/N-ethyl adjacent to an activating group) is 1. The Morgan fingerprint density at radius 2 is 1.94 bits per heavy atom. The van der Waals surface area contributed by atoms with Gasteiger partial charge >= 0.3 is 7.82 Å². The van der Waals surface area contributed by atoms with Crippen molar-refractivity contribution in [3.05, 3.63) is 57.2 Å². The van der Waals surface area contributed by atoms with Gasteiger partial charge in [-0.2, -0.15) is 0 Å². The number of phenols is 1. The number of aliphatic hydroxyl groups is 1. The summed E-state index contributed by atoms with van der Waals surface area (Å²) < 4.78 is 22.7. The van der Waals surface area contributed by atoms with Crippen molar-refractivity contribution in [3.63, 3.8) is 0 Å². The zero-order valence-electron chi connectivity index (χ0n) is 17.8. The zero-order chi connectivity index (χ0) is 24.1. The maximum absolute atomic E-state index is 13.0. The Balaban J connectivity index is 2.08. The molecule has 2 heterocycles. The van der Waals surface area contributed by atoms with E-state index in [9.17, 15) is 29.4 Å². The molecule has 1 aliphatic heterocycles. The standard InChI is InChI=1S/C21H22BClNO8P/c1-24-8-11(22)18(15(27)9-24)20-17(32-33(28,29)30)7-14(26)19-13(25)6-16(31-21(19)20)10-4-2-3-5-12(10)23/h2-7,11,15,18,26-27H,8-9,22H2,1H3,(H2,28,29,30)/t11-,15-,18?/m1/s1. The lowest BCUT2D eigenvalue weighted by molar-refractivity contribution is 0.0639. The van der Waals surface area contributed by atoms with Gasteiger partial charge in [0.05, 0.1) is 11.1 Å². The molecule has 3 atom stereocenters. The Bertz CT molecular complexity index is 1310. The summed E-state index contributed by atoms with van der Waals surface area (Å²) in [7, 11) is -1.35. The second-order valence-electron chi connectivity index (χ2n) is 8.34. The van der Waals surface area contributed by atoms with E-state index in [0.29, 0.717) is 17.1 Å². The van der Waals surface area contributed by atoms with E-state index in [1.807, 2.05) is 19.8 Å². The zero-order valence-corrected chi connectivity index (χ0v) is 19.5. The topological polar surface area (TPSA) is 141 Å². The molecule has 1 saturated heterocycles. The third kappa shape index (κ3) is 4.68. The van der Waals surface area contributed by atoms with Crippen molar-refractivity contribution in [1.29, 1.82) is 0 Å². The lowest BCUT2D eigenvalue weighted by Gasteiger charge is -2.39. The van der Waals surface area contributed by atoms with Crippen molar-refractivity contribution in [3.8, 4) is 22.8 Å². The molecule has 1 unspecified atom stereocenters. The van der Waals surface area contributed by atoms with Gasteiger partial charge in [-0.1, -0.05) is 23.7 Å². The van der Waals surface area contributed by atoms with Crippen LogP contribution in [0.2, 0.25) is 10.8 Å². The van der Waals surface area contributed by atoms with Gasteiger partial charge in [-0.15, -0.1) is 0 Å². The molecule has 1 fully saturated rings. The smallest absolute Gasteiger partial charge is 0.507 e. The van der Waals surface area contributed by atoms with Gasteiger partial charge in [0.15, 0.2) is 5.43 Å². The fourth-order valence-corrected chi connectivity index (χ4v) is 5.23. The SMILES string of the molecule is B[C@@H]1CN(C)C[C@@H](O)C1c1c(OP(=O)(O)O)cc(O)c2c(=O)cc(-c3ccccc3Cl)oc12. The molecular formula is C21H22BClNO8P. The first-order valence-electron chi connectivity index (χ1n) is 10.2. The minimum Gasteiger partial charge on any atom is -0.507 e. The van der Waals surface area contributed by atoms with Gasteiger partial charge in [-0.3, -0.25) is 14.6 Å². The number of halogens is 1. The number of benzene rings is 2. The first kappa shape index (κ1) is 23.8. The van der Waals surface area contributed by atoms with E-state index in [-0.39, 0.29) is 40.4 Å². The highest BCUT2D eigenvalue weighted by molar-refractivity contribution is 7.46. The predicted molar refractivity (Wildman–Crippen MR) is 126 cm³/mol. The van der Waals surface area contributed by atoms with Crippen molar-refractivity contribution in [2.24, 2.45) is 0 Å². The van der Waals surface area contributed by atoms with Gasteiger partial charge in [0.2, 0.25) is 0 Å². The van der Waals surface area contributed by atoms with Crippen LogP contribution < -0.4 is 9.95 Å². The summed E-state index contributed by atoms with van der Waals surface area (Å²) in [5, 5.41) is 21.6. The maximum Gasteiger partial charge on any atom is 0.524 e. The van der Waals surface area contributed by atoms with Crippen LogP contribution in [0.1, 0.15) is 11.5 Å². The maximum atomic E-state index is 13.0. The van der Waals surface area contributed by atoms with Gasteiger partial charge in [-0.05, 0) is 31.5 Å². The number of likely N-dealkylation sites (tertiary alicyclic amines) is 1. The molecule has 1 aliphatic rings. The number of β-amino-alcohol motifs (C(OH)–C–C–N with tert-alkyl or cyclic N) is 1. The van der Waals surface area contributed by atoms with E-state index >= 15 is 0 Å². The molecule has 174 valence electrons. The van der Waals surface area contributed by atoms with E-state index in [2.05, 4.69) is 0 Å². The van der Waals surface area contributed by atoms with Gasteiger partial charge in [0, 0.05) is 35.7 Å². The Kier molecular flexibility index (Phi) is 6.35. The molecule has 0 aliphatic carbocycles. The quantitative estimate of drug-likeness (QED) is 0.318. The highest BCUT2D eigenvalue weighted by Gasteiger charge is 2.39. The van der Waals surface area contributed by atoms with Crippen LogP contribution in [0.15, 0.2) is 45.6 Å². The van der Waals surface area contributed by atoms with Gasteiger partial charge in [0.25, 0.3) is 0 Å². The lowest BCUT2D eigenvalue weighted by atomic mass is 9.68. The minimum absolute atomic E-state index is 0.0992. The van der Waals surface area contributed by atoms with E-state index < -0.39 is 31.0 Å². The number of phenolic OH excluding ortho intramolecular Hbond substituents is 1. The summed E-state index contributed by atoms with van der Waals surface area (Å²) in [4.78, 5) is 33.9. The monoisotopic (exact) mass is 493 g/mol. The number of fused-ring (bicyclic) bond motifs is 1. The molecule has 3 aromatic rings. The van der Waals surface area contributed by atoms with Crippen LogP contribution in [0.5, 0.6) is 11.5 Å². The largest absolute Gasteiger partial charge is 0.524 e. The Morgan fingerprint density at radius 3 is 2.58 bits per heavy atom. The van der Waals surface area contributed by atoms with Crippen molar-refractivity contribution >= 4 is 38.2 Å². The molecule has 0 amide bonds. The van der Waals surface area contributed by atoms with Crippen LogP contribution >= 0.6 is 19.4 Å². The van der Waals surface area contributed by atoms with Crippen LogP contribution in [-0.4, -0.2) is 59.0 Å². The summed E-state index contributed by atoms with van der Waals surface area (Å²) in [6.45, 7) is 0.842. The molecule has 33 heavy (non-hydrogen) atoms. The van der Waals surface area contributed by atoms with E-state index in [1.54, 1.807) is 24.3 Å². The molecular weight excluding hydrogens is 471 g/mol. The number of rotatable bonds is 4. The molecule has 0 radical (unpaired) electrons. The number of aliphatic hydroxyl groups excluding tert-OH is 1. The van der Waals surface area contributed by atoms with E-state index in [4.69, 9.17) is 20.5 Å². The van der Waals surface area contributed by atoms with Crippen molar-refractivity contribution in [2.45, 2.75) is 17.8 Å². The first-order chi connectivity index (χ1) is 15.5. The highest BCUT2D eigenvalue weighted by atomic mass is 35.5. The number of phosphoric ester groups is 1. The molecule has 12 heteroatoms. The highest BCUT2D eigenvalue weighted by Crippen LogP contribution is 2.50. The molecule has 0 spiro atoms. The Morgan fingerprint density at radius 1 is 1.24 bits per heavy atom. The molecule has 0 bridgehead atoms. The second kappa shape index (κ2) is 8.79. The van der Waals surface area contributed by atoms with E-state index in [1.165, 1.54) is 6.07 Å². The summed E-state index contributed by atoms with van der Waals surface area (Å²) in [6, 6.07) is 8.85. The number of nitrogens with zero attached hydrogens (tertiary/aromatic N) is 1. The van der Waals surface area contributed by atoms with Crippen molar-refractivity contribution in [1.82, 2.24) is 4.90 Å². The summed E-state index contributed by atoms with van der Waals surface area (Å²) >= 11 is 6.28. The van der Waals surface area contributed by atoms with Crippen LogP contribution in [0, 0.1) is 0 Å². The molecule has 9 nitrogen and oxygen atoms in total. The van der Waals surface area contributed by atoms with E-state index in [0.717, 1.165) is 6.07 Å². The minimum atomic E-state index is -5.05. The van der Waals surface area contributed by atoms with Gasteiger partial charge in [-0.25, -0.2) is 4.57 Å². The Labute approximate surface area is 194 Å². The molecule has 2 aromatic carbocycles. The molecule has 0 saturated carbocycles. The molecule has 4 N–H and O–H groups in total. The summed E-state index contributed by atoms with van der Waals surface area (Å²) in [5.74, 6) is -1.74. The summed E-state index contributed by atoms with van der Waals surface area (Å²) in [6.07, 6.45) is -0.958.